The Balaban J connectivity index is 2.06. The summed E-state index contributed by atoms with van der Waals surface area (Å²) >= 11 is 0. The molecule has 132 valence electrons. The highest BCUT2D eigenvalue weighted by atomic mass is 19.3. The quantitative estimate of drug-likeness (QED) is 0.838. The summed E-state index contributed by atoms with van der Waals surface area (Å²) in [5, 5.41) is 3.92. The summed E-state index contributed by atoms with van der Waals surface area (Å²) < 4.78 is 27.0. The molecule has 1 aromatic heterocycles. The monoisotopic (exact) mass is 348 g/mol. The normalized spacial score (nSPS) is 17.7. The lowest BCUT2D eigenvalue weighted by molar-refractivity contribution is -0.121. The lowest BCUT2D eigenvalue weighted by Gasteiger charge is -2.23. The highest BCUT2D eigenvalue weighted by Crippen LogP contribution is 2.34. The van der Waals surface area contributed by atoms with E-state index in [2.05, 4.69) is 5.10 Å². The number of para-hydroxylation sites is 2. The van der Waals surface area contributed by atoms with Crippen molar-refractivity contribution in [3.05, 3.63) is 41.7 Å². The minimum Gasteiger partial charge on any atom is -0.313 e. The number of carbonyl (C=O) groups is 2. The smallest absolute Gasteiger partial charge is 0.280 e. The van der Waals surface area contributed by atoms with Crippen molar-refractivity contribution >= 4 is 23.2 Å². The number of hydrogen-bond donors (Lipinski definition) is 0. The van der Waals surface area contributed by atoms with Crippen molar-refractivity contribution < 1.29 is 18.4 Å². The van der Waals surface area contributed by atoms with Crippen molar-refractivity contribution in [3.63, 3.8) is 0 Å². The Morgan fingerprint density at radius 1 is 1.24 bits per heavy atom. The van der Waals surface area contributed by atoms with Gasteiger partial charge in [0.15, 0.2) is 5.69 Å². The number of fused-ring (bicyclic) bond motifs is 1. The van der Waals surface area contributed by atoms with Crippen molar-refractivity contribution in [2.75, 3.05) is 23.4 Å². The van der Waals surface area contributed by atoms with Crippen LogP contribution in [0.15, 0.2) is 30.3 Å². The summed E-state index contributed by atoms with van der Waals surface area (Å²) in [7, 11) is 3.02. The molecular formula is C17H18F2N4O2. The molecule has 2 aromatic rings. The fourth-order valence-electron chi connectivity index (χ4n) is 3.00. The maximum atomic E-state index is 13.0. The number of alkyl halides is 2. The molecule has 8 heteroatoms. The maximum Gasteiger partial charge on any atom is 0.280 e. The van der Waals surface area contributed by atoms with Gasteiger partial charge >= 0.3 is 0 Å². The van der Waals surface area contributed by atoms with Gasteiger partial charge < -0.3 is 9.80 Å². The molecule has 0 saturated carbocycles. The third-order valence-electron chi connectivity index (χ3n) is 4.35. The molecule has 0 aliphatic carbocycles. The SMILES string of the molecule is CC1CN(C(=O)c2cc(C(F)F)n(C)n2)c2ccccc2N(C)C1=O. The van der Waals surface area contributed by atoms with Crippen LogP contribution in [0.25, 0.3) is 0 Å². The zero-order valence-corrected chi connectivity index (χ0v) is 14.1. The van der Waals surface area contributed by atoms with Crippen molar-refractivity contribution in [2.24, 2.45) is 13.0 Å². The van der Waals surface area contributed by atoms with Crippen LogP contribution in [0.4, 0.5) is 20.2 Å². The molecule has 0 N–H and O–H groups in total. The third-order valence-corrected chi connectivity index (χ3v) is 4.35. The highest BCUT2D eigenvalue weighted by Gasteiger charge is 2.33. The minimum atomic E-state index is -2.72. The van der Waals surface area contributed by atoms with Crippen LogP contribution < -0.4 is 9.80 Å². The lowest BCUT2D eigenvalue weighted by Crippen LogP contribution is -2.37. The zero-order valence-electron chi connectivity index (χ0n) is 14.1. The van der Waals surface area contributed by atoms with Crippen LogP contribution in [0.1, 0.15) is 29.5 Å². The average molecular weight is 348 g/mol. The number of nitrogens with zero attached hydrogens (tertiary/aromatic N) is 4. The van der Waals surface area contributed by atoms with Crippen molar-refractivity contribution in [1.29, 1.82) is 0 Å². The molecule has 1 unspecified atom stereocenters. The summed E-state index contributed by atoms with van der Waals surface area (Å²) in [5.41, 5.74) is 0.747. The Labute approximate surface area is 143 Å². The highest BCUT2D eigenvalue weighted by molar-refractivity contribution is 6.10. The third kappa shape index (κ3) is 2.88. The first kappa shape index (κ1) is 17.1. The molecule has 2 heterocycles. The predicted molar refractivity (Wildman–Crippen MR) is 88.9 cm³/mol. The maximum absolute atomic E-state index is 13.0. The Hall–Kier alpha value is -2.77. The van der Waals surface area contributed by atoms with Crippen LogP contribution in [-0.4, -0.2) is 35.2 Å². The van der Waals surface area contributed by atoms with E-state index in [0.717, 1.165) is 10.7 Å². The second-order valence-electron chi connectivity index (χ2n) is 6.08. The molecule has 0 bridgehead atoms. The van der Waals surface area contributed by atoms with Crippen LogP contribution in [0.2, 0.25) is 0 Å². The van der Waals surface area contributed by atoms with Crippen molar-refractivity contribution in [1.82, 2.24) is 9.78 Å². The molecular weight excluding hydrogens is 330 g/mol. The predicted octanol–water partition coefficient (Wildman–Crippen LogP) is 2.62. The number of aryl methyl sites for hydroxylation is 1. The van der Waals surface area contributed by atoms with Crippen LogP contribution in [0.3, 0.4) is 0 Å². The molecule has 1 aliphatic rings. The van der Waals surface area contributed by atoms with Gasteiger partial charge in [-0.3, -0.25) is 14.3 Å². The molecule has 0 spiro atoms. The standard InChI is InChI=1S/C17H18F2N4O2/c1-10-9-23(13-7-5-4-6-12(13)21(2)16(10)24)17(25)11-8-14(15(18)19)22(3)20-11/h4-8,10,15H,9H2,1-3H3. The fourth-order valence-corrected chi connectivity index (χ4v) is 3.00. The summed E-state index contributed by atoms with van der Waals surface area (Å²) in [6.07, 6.45) is -2.72. The van der Waals surface area contributed by atoms with E-state index in [0.29, 0.717) is 11.4 Å². The largest absolute Gasteiger partial charge is 0.313 e. The zero-order chi connectivity index (χ0) is 18.3. The first-order valence-corrected chi connectivity index (χ1v) is 7.81. The van der Waals surface area contributed by atoms with E-state index in [1.54, 1.807) is 38.2 Å². The van der Waals surface area contributed by atoms with Gasteiger partial charge in [-0.05, 0) is 18.2 Å². The molecule has 0 fully saturated rings. The second kappa shape index (κ2) is 6.27. The van der Waals surface area contributed by atoms with Gasteiger partial charge in [-0.2, -0.15) is 5.10 Å². The van der Waals surface area contributed by atoms with Crippen LogP contribution in [-0.2, 0) is 11.8 Å². The van der Waals surface area contributed by atoms with Crippen molar-refractivity contribution in [3.8, 4) is 0 Å². The number of rotatable bonds is 2. The van der Waals surface area contributed by atoms with E-state index in [-0.39, 0.29) is 23.8 Å². The first-order valence-electron chi connectivity index (χ1n) is 7.81. The second-order valence-corrected chi connectivity index (χ2v) is 6.08. The number of aromatic nitrogens is 2. The molecule has 2 amide bonds. The van der Waals surface area contributed by atoms with Crippen molar-refractivity contribution in [2.45, 2.75) is 13.3 Å². The molecule has 1 aliphatic heterocycles. The van der Waals surface area contributed by atoms with E-state index in [4.69, 9.17) is 0 Å². The summed E-state index contributed by atoms with van der Waals surface area (Å²) in [5.74, 6) is -1.05. The number of anilines is 2. The minimum absolute atomic E-state index is 0.0724. The number of benzene rings is 1. The van der Waals surface area contributed by atoms with E-state index < -0.39 is 18.3 Å². The van der Waals surface area contributed by atoms with Crippen LogP contribution in [0.5, 0.6) is 0 Å². The summed E-state index contributed by atoms with van der Waals surface area (Å²) in [6, 6.07) is 8.10. The van der Waals surface area contributed by atoms with E-state index in [9.17, 15) is 18.4 Å². The van der Waals surface area contributed by atoms with Gasteiger partial charge in [0.1, 0.15) is 5.69 Å². The fraction of sp³-hybridized carbons (Fsp3) is 0.353. The molecule has 25 heavy (non-hydrogen) atoms. The van der Waals surface area contributed by atoms with Gasteiger partial charge in [0.25, 0.3) is 12.3 Å². The Bertz CT molecular complexity index is 834. The Morgan fingerprint density at radius 2 is 1.88 bits per heavy atom. The molecule has 0 saturated heterocycles. The summed E-state index contributed by atoms with van der Waals surface area (Å²) in [4.78, 5) is 28.3. The molecule has 1 aromatic carbocycles. The van der Waals surface area contributed by atoms with E-state index >= 15 is 0 Å². The number of amides is 2. The summed E-state index contributed by atoms with van der Waals surface area (Å²) in [6.45, 7) is 1.88. The van der Waals surface area contributed by atoms with Gasteiger partial charge in [0.2, 0.25) is 5.91 Å². The van der Waals surface area contributed by atoms with Gasteiger partial charge in [0.05, 0.1) is 17.3 Å². The molecule has 0 radical (unpaired) electrons. The van der Waals surface area contributed by atoms with Gasteiger partial charge in [-0.1, -0.05) is 19.1 Å². The number of carbonyl (C=O) groups excluding carboxylic acids is 2. The number of halogens is 2. The Kier molecular flexibility index (Phi) is 4.28. The molecule has 1 atom stereocenters. The van der Waals surface area contributed by atoms with Crippen LogP contribution >= 0.6 is 0 Å². The number of hydrogen-bond acceptors (Lipinski definition) is 3. The van der Waals surface area contributed by atoms with Gasteiger partial charge in [-0.25, -0.2) is 8.78 Å². The van der Waals surface area contributed by atoms with E-state index in [1.807, 2.05) is 0 Å². The first-order chi connectivity index (χ1) is 11.8. The van der Waals surface area contributed by atoms with Crippen LogP contribution in [0, 0.1) is 5.92 Å². The average Bonchev–Trinajstić information content (AvgIpc) is 2.95. The lowest BCUT2D eigenvalue weighted by atomic mass is 10.1. The van der Waals surface area contributed by atoms with Gasteiger partial charge in [-0.15, -0.1) is 0 Å². The topological polar surface area (TPSA) is 58.4 Å². The molecule has 6 nitrogen and oxygen atoms in total. The Morgan fingerprint density at radius 3 is 2.48 bits per heavy atom. The molecule has 3 rings (SSSR count). The van der Waals surface area contributed by atoms with E-state index in [1.165, 1.54) is 16.8 Å². The van der Waals surface area contributed by atoms with Gasteiger partial charge in [0, 0.05) is 20.6 Å².